The number of rotatable bonds is 6. The summed E-state index contributed by atoms with van der Waals surface area (Å²) in [6.07, 6.45) is 2.83. The van der Waals surface area contributed by atoms with Crippen LogP contribution in [0.15, 0.2) is 0 Å². The van der Waals surface area contributed by atoms with Gasteiger partial charge in [-0.1, -0.05) is 0 Å². The van der Waals surface area contributed by atoms with Crippen molar-refractivity contribution in [1.82, 2.24) is 10.2 Å². The zero-order chi connectivity index (χ0) is 16.1. The van der Waals surface area contributed by atoms with E-state index in [0.717, 1.165) is 0 Å². The molecule has 124 valence electrons. The highest BCUT2D eigenvalue weighted by molar-refractivity contribution is 5.89. The van der Waals surface area contributed by atoms with Gasteiger partial charge in [-0.15, -0.1) is 0 Å². The highest BCUT2D eigenvalue weighted by Gasteiger charge is 2.35. The number of carbonyl (C=O) groups excluding carboxylic acids is 2. The lowest BCUT2D eigenvalue weighted by atomic mass is 9.86. The summed E-state index contributed by atoms with van der Waals surface area (Å²) < 4.78 is 4.96. The predicted molar refractivity (Wildman–Crippen MR) is 78.1 cm³/mol. The van der Waals surface area contributed by atoms with Crippen LogP contribution in [-0.2, 0) is 19.1 Å². The smallest absolute Gasteiger partial charge is 0.306 e. The summed E-state index contributed by atoms with van der Waals surface area (Å²) in [5.41, 5.74) is 0. The SMILES string of the molecule is COCCN1C[C@@H](C(=O)NC2CCC(C(=O)O)CC2)CC1=O. The van der Waals surface area contributed by atoms with E-state index in [-0.39, 0.29) is 36.1 Å². The number of likely N-dealkylation sites (tertiary alicyclic amines) is 1. The van der Waals surface area contributed by atoms with E-state index in [9.17, 15) is 14.4 Å². The van der Waals surface area contributed by atoms with E-state index in [4.69, 9.17) is 9.84 Å². The second kappa shape index (κ2) is 7.58. The number of carboxylic acids is 1. The first kappa shape index (κ1) is 16.7. The quantitative estimate of drug-likeness (QED) is 0.732. The molecule has 7 heteroatoms. The highest BCUT2D eigenvalue weighted by Crippen LogP contribution is 2.25. The van der Waals surface area contributed by atoms with Crippen LogP contribution < -0.4 is 5.32 Å². The van der Waals surface area contributed by atoms with E-state index in [2.05, 4.69) is 5.32 Å². The zero-order valence-electron chi connectivity index (χ0n) is 12.9. The molecule has 0 aromatic heterocycles. The topological polar surface area (TPSA) is 95.9 Å². The van der Waals surface area contributed by atoms with Gasteiger partial charge in [0.15, 0.2) is 0 Å². The summed E-state index contributed by atoms with van der Waals surface area (Å²) in [6, 6.07) is 0.0335. The number of aliphatic carboxylic acids is 1. The van der Waals surface area contributed by atoms with Crippen molar-refractivity contribution in [1.29, 1.82) is 0 Å². The molecule has 2 fully saturated rings. The maximum atomic E-state index is 12.3. The first-order valence-electron chi connectivity index (χ1n) is 7.81. The maximum Gasteiger partial charge on any atom is 0.306 e. The van der Waals surface area contributed by atoms with Gasteiger partial charge in [0, 0.05) is 32.7 Å². The fraction of sp³-hybridized carbons (Fsp3) is 0.800. The number of hydrogen-bond acceptors (Lipinski definition) is 4. The summed E-state index contributed by atoms with van der Waals surface area (Å²) in [5.74, 6) is -1.44. The number of carbonyl (C=O) groups is 3. The van der Waals surface area contributed by atoms with Gasteiger partial charge < -0.3 is 20.1 Å². The van der Waals surface area contributed by atoms with E-state index < -0.39 is 5.97 Å². The standard InChI is InChI=1S/C15H24N2O5/c1-22-7-6-17-9-11(8-13(17)18)14(19)16-12-4-2-10(3-5-12)15(20)21/h10-12H,2-9H2,1H3,(H,16,19)(H,20,21)/t10?,11-,12?/m0/s1. The van der Waals surface area contributed by atoms with Gasteiger partial charge >= 0.3 is 5.97 Å². The number of hydrogen-bond donors (Lipinski definition) is 2. The van der Waals surface area contributed by atoms with Gasteiger partial charge in [0.25, 0.3) is 0 Å². The number of nitrogens with one attached hydrogen (secondary N) is 1. The lowest BCUT2D eigenvalue weighted by Gasteiger charge is -2.27. The molecule has 2 aliphatic rings. The van der Waals surface area contributed by atoms with Crippen molar-refractivity contribution in [3.05, 3.63) is 0 Å². The molecule has 1 aliphatic carbocycles. The fourth-order valence-corrected chi connectivity index (χ4v) is 3.17. The Labute approximate surface area is 130 Å². The molecule has 2 amide bonds. The van der Waals surface area contributed by atoms with Crippen molar-refractivity contribution >= 4 is 17.8 Å². The number of methoxy groups -OCH3 is 1. The molecule has 1 saturated carbocycles. The molecule has 2 N–H and O–H groups in total. The van der Waals surface area contributed by atoms with Crippen LogP contribution in [-0.4, -0.2) is 60.6 Å². The van der Waals surface area contributed by atoms with Crippen LogP contribution in [0.5, 0.6) is 0 Å². The van der Waals surface area contributed by atoms with Gasteiger partial charge in [0.1, 0.15) is 0 Å². The molecule has 1 atom stereocenters. The second-order valence-electron chi connectivity index (χ2n) is 6.13. The minimum absolute atomic E-state index is 0.00761. The maximum absolute atomic E-state index is 12.3. The van der Waals surface area contributed by atoms with E-state index >= 15 is 0 Å². The molecule has 1 saturated heterocycles. The predicted octanol–water partition coefficient (Wildman–Crippen LogP) is 0.241. The molecule has 1 heterocycles. The van der Waals surface area contributed by atoms with Gasteiger partial charge in [0.2, 0.25) is 11.8 Å². The number of amides is 2. The molecule has 22 heavy (non-hydrogen) atoms. The van der Waals surface area contributed by atoms with E-state index in [1.54, 1.807) is 12.0 Å². The van der Waals surface area contributed by atoms with Crippen LogP contribution in [0, 0.1) is 11.8 Å². The molecular formula is C15H24N2O5. The Hall–Kier alpha value is -1.63. The molecule has 0 aromatic carbocycles. The summed E-state index contributed by atoms with van der Waals surface area (Å²) >= 11 is 0. The second-order valence-corrected chi connectivity index (χ2v) is 6.13. The lowest BCUT2D eigenvalue weighted by Crippen LogP contribution is -2.42. The zero-order valence-corrected chi connectivity index (χ0v) is 12.9. The largest absolute Gasteiger partial charge is 0.481 e. The van der Waals surface area contributed by atoms with Crippen LogP contribution in [0.2, 0.25) is 0 Å². The highest BCUT2D eigenvalue weighted by atomic mass is 16.5. The van der Waals surface area contributed by atoms with Crippen molar-refractivity contribution < 1.29 is 24.2 Å². The number of ether oxygens (including phenoxy) is 1. The van der Waals surface area contributed by atoms with Crippen molar-refractivity contribution in [2.24, 2.45) is 11.8 Å². The van der Waals surface area contributed by atoms with Crippen LogP contribution >= 0.6 is 0 Å². The molecule has 0 aromatic rings. The minimum Gasteiger partial charge on any atom is -0.481 e. The Morgan fingerprint density at radius 1 is 1.27 bits per heavy atom. The third-order valence-electron chi connectivity index (χ3n) is 4.57. The van der Waals surface area contributed by atoms with Gasteiger partial charge in [-0.05, 0) is 25.7 Å². The van der Waals surface area contributed by atoms with Gasteiger partial charge in [-0.25, -0.2) is 0 Å². The summed E-state index contributed by atoms with van der Waals surface area (Å²) in [5, 5.41) is 11.9. The molecule has 2 rings (SSSR count). The van der Waals surface area contributed by atoms with Crippen LogP contribution in [0.4, 0.5) is 0 Å². The van der Waals surface area contributed by atoms with Gasteiger partial charge in [0.05, 0.1) is 18.4 Å². The Morgan fingerprint density at radius 3 is 2.55 bits per heavy atom. The van der Waals surface area contributed by atoms with Crippen molar-refractivity contribution in [3.63, 3.8) is 0 Å². The number of nitrogens with zero attached hydrogens (tertiary/aromatic N) is 1. The first-order chi connectivity index (χ1) is 10.5. The van der Waals surface area contributed by atoms with Crippen molar-refractivity contribution in [2.45, 2.75) is 38.1 Å². The molecule has 0 radical (unpaired) electrons. The van der Waals surface area contributed by atoms with Crippen LogP contribution in [0.1, 0.15) is 32.1 Å². The monoisotopic (exact) mass is 312 g/mol. The fourth-order valence-electron chi connectivity index (χ4n) is 3.17. The van der Waals surface area contributed by atoms with Crippen LogP contribution in [0.3, 0.4) is 0 Å². The Morgan fingerprint density at radius 2 is 1.95 bits per heavy atom. The van der Waals surface area contributed by atoms with E-state index in [0.29, 0.717) is 45.4 Å². The van der Waals surface area contributed by atoms with Crippen molar-refractivity contribution in [3.8, 4) is 0 Å². The first-order valence-corrected chi connectivity index (χ1v) is 7.81. The molecule has 1 aliphatic heterocycles. The van der Waals surface area contributed by atoms with Gasteiger partial charge in [-0.2, -0.15) is 0 Å². The summed E-state index contributed by atoms with van der Waals surface area (Å²) in [7, 11) is 1.58. The molecular weight excluding hydrogens is 288 g/mol. The van der Waals surface area contributed by atoms with Gasteiger partial charge in [-0.3, -0.25) is 14.4 Å². The Balaban J connectivity index is 1.76. The molecule has 0 spiro atoms. The average molecular weight is 312 g/mol. The summed E-state index contributed by atoms with van der Waals surface area (Å²) in [6.45, 7) is 1.43. The minimum atomic E-state index is -0.750. The average Bonchev–Trinajstić information content (AvgIpc) is 2.87. The molecule has 0 bridgehead atoms. The lowest BCUT2D eigenvalue weighted by molar-refractivity contribution is -0.143. The Bertz CT molecular complexity index is 432. The Kier molecular flexibility index (Phi) is 5.76. The summed E-state index contributed by atoms with van der Waals surface area (Å²) in [4.78, 5) is 36.7. The normalized spacial score (nSPS) is 28.7. The molecule has 0 unspecified atom stereocenters. The van der Waals surface area contributed by atoms with E-state index in [1.165, 1.54) is 0 Å². The third kappa shape index (κ3) is 4.19. The van der Waals surface area contributed by atoms with E-state index in [1.807, 2.05) is 0 Å². The molecule has 7 nitrogen and oxygen atoms in total. The van der Waals surface area contributed by atoms with Crippen molar-refractivity contribution in [2.75, 3.05) is 26.8 Å². The van der Waals surface area contributed by atoms with Crippen LogP contribution in [0.25, 0.3) is 0 Å². The number of carboxylic acid groups (broad SMARTS) is 1. The third-order valence-corrected chi connectivity index (χ3v) is 4.57.